The van der Waals surface area contributed by atoms with Gasteiger partial charge >= 0.3 is 0 Å². The maximum Gasteiger partial charge on any atom is 0.128 e. The van der Waals surface area contributed by atoms with Gasteiger partial charge < -0.3 is 4.74 Å². The quantitative estimate of drug-likeness (QED) is 0.599. The molecule has 0 fully saturated rings. The molecule has 20 heavy (non-hydrogen) atoms. The molecule has 0 saturated carbocycles. The molecular weight excluding hydrogens is 275 g/mol. The van der Waals surface area contributed by atoms with Crippen LogP contribution < -0.4 is 4.74 Å². The van der Waals surface area contributed by atoms with Gasteiger partial charge in [0.25, 0.3) is 0 Å². The van der Waals surface area contributed by atoms with E-state index in [2.05, 4.69) is 11.8 Å². The normalized spacial score (nSPS) is 9.70. The Labute approximate surface area is 123 Å². The molecule has 2 aromatic rings. The predicted octanol–water partition coefficient (Wildman–Crippen LogP) is 4.39. The van der Waals surface area contributed by atoms with Gasteiger partial charge in [0, 0.05) is 23.9 Å². The van der Waals surface area contributed by atoms with E-state index in [-0.39, 0.29) is 5.82 Å². The third-order valence-electron chi connectivity index (χ3n) is 2.57. The number of benzene rings is 2. The SMILES string of the molecule is Fc1cc(C#CCCCl)cc(OCc2ccccc2)c1. The second-order valence-electron chi connectivity index (χ2n) is 4.19. The molecule has 0 unspecified atom stereocenters. The Morgan fingerprint density at radius 2 is 1.90 bits per heavy atom. The fourth-order valence-corrected chi connectivity index (χ4v) is 1.77. The van der Waals surface area contributed by atoms with Crippen molar-refractivity contribution < 1.29 is 9.13 Å². The van der Waals surface area contributed by atoms with E-state index in [0.717, 1.165) is 5.56 Å². The van der Waals surface area contributed by atoms with Crippen molar-refractivity contribution in [3.8, 4) is 17.6 Å². The number of rotatable bonds is 4. The smallest absolute Gasteiger partial charge is 0.128 e. The van der Waals surface area contributed by atoms with E-state index >= 15 is 0 Å². The molecule has 0 radical (unpaired) electrons. The van der Waals surface area contributed by atoms with Crippen molar-refractivity contribution in [3.05, 3.63) is 65.5 Å². The average molecular weight is 289 g/mol. The molecule has 0 bridgehead atoms. The van der Waals surface area contributed by atoms with Gasteiger partial charge in [0.1, 0.15) is 18.2 Å². The summed E-state index contributed by atoms with van der Waals surface area (Å²) in [6.07, 6.45) is 0.582. The molecule has 2 rings (SSSR count). The van der Waals surface area contributed by atoms with Crippen LogP contribution in [0.3, 0.4) is 0 Å². The van der Waals surface area contributed by atoms with Gasteiger partial charge in [-0.15, -0.1) is 11.6 Å². The van der Waals surface area contributed by atoms with Crippen LogP contribution in [-0.4, -0.2) is 5.88 Å². The summed E-state index contributed by atoms with van der Waals surface area (Å²) in [7, 11) is 0. The highest BCUT2D eigenvalue weighted by Crippen LogP contribution is 2.17. The molecule has 0 amide bonds. The lowest BCUT2D eigenvalue weighted by Crippen LogP contribution is -1.96. The molecule has 0 heterocycles. The first-order valence-corrected chi connectivity index (χ1v) is 6.83. The zero-order valence-corrected chi connectivity index (χ0v) is 11.7. The summed E-state index contributed by atoms with van der Waals surface area (Å²) in [6, 6.07) is 14.2. The van der Waals surface area contributed by atoms with Crippen LogP contribution in [0.1, 0.15) is 17.5 Å². The van der Waals surface area contributed by atoms with Crippen LogP contribution in [0, 0.1) is 17.7 Å². The minimum Gasteiger partial charge on any atom is -0.489 e. The zero-order valence-electron chi connectivity index (χ0n) is 10.9. The fourth-order valence-electron chi connectivity index (χ4n) is 1.67. The highest BCUT2D eigenvalue weighted by molar-refractivity contribution is 6.18. The van der Waals surface area contributed by atoms with Crippen LogP contribution in [0.25, 0.3) is 0 Å². The summed E-state index contributed by atoms with van der Waals surface area (Å²) in [5.74, 6) is 6.34. The molecular formula is C17H14ClFO. The summed E-state index contributed by atoms with van der Waals surface area (Å²) >= 11 is 5.55. The van der Waals surface area contributed by atoms with Gasteiger partial charge in [-0.05, 0) is 17.7 Å². The van der Waals surface area contributed by atoms with E-state index < -0.39 is 0 Å². The number of hydrogen-bond donors (Lipinski definition) is 0. The Hall–Kier alpha value is -1.98. The first-order chi connectivity index (χ1) is 9.78. The molecule has 1 nitrogen and oxygen atoms in total. The molecule has 0 aliphatic rings. The summed E-state index contributed by atoms with van der Waals surface area (Å²) < 4.78 is 19.1. The van der Waals surface area contributed by atoms with Gasteiger partial charge in [-0.2, -0.15) is 0 Å². The first kappa shape index (κ1) is 14.4. The van der Waals surface area contributed by atoms with Crippen molar-refractivity contribution in [3.63, 3.8) is 0 Å². The lowest BCUT2D eigenvalue weighted by atomic mass is 10.2. The summed E-state index contributed by atoms with van der Waals surface area (Å²) in [6.45, 7) is 0.402. The van der Waals surface area contributed by atoms with Gasteiger partial charge in [-0.25, -0.2) is 4.39 Å². The molecule has 0 aliphatic carbocycles. The van der Waals surface area contributed by atoms with Gasteiger partial charge in [-0.3, -0.25) is 0 Å². The van der Waals surface area contributed by atoms with E-state index in [1.54, 1.807) is 6.07 Å². The van der Waals surface area contributed by atoms with Crippen LogP contribution in [-0.2, 0) is 6.61 Å². The fraction of sp³-hybridized carbons (Fsp3) is 0.176. The topological polar surface area (TPSA) is 9.23 Å². The Kier molecular flexibility index (Phi) is 5.46. The van der Waals surface area contributed by atoms with E-state index in [1.165, 1.54) is 12.1 Å². The lowest BCUT2D eigenvalue weighted by molar-refractivity contribution is 0.304. The van der Waals surface area contributed by atoms with Crippen molar-refractivity contribution in [1.82, 2.24) is 0 Å². The summed E-state index contributed by atoms with van der Waals surface area (Å²) in [5.41, 5.74) is 1.63. The van der Waals surface area contributed by atoms with Gasteiger partial charge in [-0.1, -0.05) is 42.2 Å². The van der Waals surface area contributed by atoms with Gasteiger partial charge in [0.2, 0.25) is 0 Å². The molecule has 0 spiro atoms. The second-order valence-corrected chi connectivity index (χ2v) is 4.57. The van der Waals surface area contributed by atoms with E-state index in [1.807, 2.05) is 30.3 Å². The van der Waals surface area contributed by atoms with E-state index in [9.17, 15) is 4.39 Å². The molecule has 0 aliphatic heterocycles. The molecule has 3 heteroatoms. The van der Waals surface area contributed by atoms with Crippen LogP contribution in [0.5, 0.6) is 5.75 Å². The van der Waals surface area contributed by atoms with Crippen LogP contribution in [0.15, 0.2) is 48.5 Å². The van der Waals surface area contributed by atoms with Crippen molar-refractivity contribution >= 4 is 11.6 Å². The Balaban J connectivity index is 2.06. The lowest BCUT2D eigenvalue weighted by Gasteiger charge is -2.07. The largest absolute Gasteiger partial charge is 0.489 e. The minimum atomic E-state index is -0.356. The van der Waals surface area contributed by atoms with Crippen molar-refractivity contribution in [2.45, 2.75) is 13.0 Å². The molecule has 0 N–H and O–H groups in total. The number of alkyl halides is 1. The maximum absolute atomic E-state index is 13.5. The monoisotopic (exact) mass is 288 g/mol. The van der Waals surface area contributed by atoms with Gasteiger partial charge in [0.05, 0.1) is 0 Å². The Morgan fingerprint density at radius 3 is 2.65 bits per heavy atom. The van der Waals surface area contributed by atoms with Crippen LogP contribution in [0.4, 0.5) is 4.39 Å². The third-order valence-corrected chi connectivity index (χ3v) is 2.76. The zero-order chi connectivity index (χ0) is 14.2. The van der Waals surface area contributed by atoms with Crippen LogP contribution in [0.2, 0.25) is 0 Å². The predicted molar refractivity (Wildman–Crippen MR) is 79.4 cm³/mol. The summed E-state index contributed by atoms with van der Waals surface area (Å²) in [4.78, 5) is 0. The molecule has 0 aromatic heterocycles. The first-order valence-electron chi connectivity index (χ1n) is 6.30. The molecule has 0 atom stereocenters. The van der Waals surface area contributed by atoms with Crippen molar-refractivity contribution in [1.29, 1.82) is 0 Å². The minimum absolute atomic E-state index is 0.356. The van der Waals surface area contributed by atoms with Crippen molar-refractivity contribution in [2.75, 3.05) is 5.88 Å². The number of ether oxygens (including phenoxy) is 1. The highest BCUT2D eigenvalue weighted by Gasteiger charge is 2.01. The Bertz CT molecular complexity index is 614. The third kappa shape index (κ3) is 4.60. The molecule has 0 saturated heterocycles. The van der Waals surface area contributed by atoms with E-state index in [4.69, 9.17) is 16.3 Å². The summed E-state index contributed by atoms with van der Waals surface area (Å²) in [5, 5.41) is 0. The van der Waals surface area contributed by atoms with Crippen LogP contribution >= 0.6 is 11.6 Å². The highest BCUT2D eigenvalue weighted by atomic mass is 35.5. The maximum atomic E-state index is 13.5. The number of hydrogen-bond acceptors (Lipinski definition) is 1. The molecule has 2 aromatic carbocycles. The number of halogens is 2. The van der Waals surface area contributed by atoms with Gasteiger partial charge in [0.15, 0.2) is 0 Å². The Morgan fingerprint density at radius 1 is 1.10 bits per heavy atom. The average Bonchev–Trinajstić information content (AvgIpc) is 2.46. The standard InChI is InChI=1S/C17H14ClFO/c18-9-5-4-8-15-10-16(19)12-17(11-15)20-13-14-6-2-1-3-7-14/h1-3,6-7,10-12H,5,9,13H2. The van der Waals surface area contributed by atoms with Crippen molar-refractivity contribution in [2.24, 2.45) is 0 Å². The molecule has 102 valence electrons. The second kappa shape index (κ2) is 7.57. The van der Waals surface area contributed by atoms with E-state index in [0.29, 0.717) is 30.2 Å².